The van der Waals surface area contributed by atoms with Crippen molar-refractivity contribution in [3.05, 3.63) is 12.3 Å². The molecular weight excluding hydrogens is 160 g/mol. The molecule has 0 atom stereocenters. The molecule has 1 aromatic rings. The molecule has 0 saturated carbocycles. The standard InChI is InChI=1S/C4H2O5S/c5-10(6)8-3-1-2-7-4(3)9-10/h1-2H. The molecule has 5 nitrogen and oxygen atoms in total. The van der Waals surface area contributed by atoms with Crippen molar-refractivity contribution in [3.8, 4) is 11.7 Å². The highest BCUT2D eigenvalue weighted by Gasteiger charge is 2.31. The van der Waals surface area contributed by atoms with E-state index in [9.17, 15) is 8.42 Å². The van der Waals surface area contributed by atoms with Gasteiger partial charge in [-0.15, -0.1) is 8.42 Å². The molecule has 0 spiro atoms. The van der Waals surface area contributed by atoms with Gasteiger partial charge in [0, 0.05) is 6.07 Å². The number of rotatable bonds is 0. The summed E-state index contributed by atoms with van der Waals surface area (Å²) in [5.74, 6) is -0.0139. The molecule has 0 bridgehead atoms. The molecule has 10 heavy (non-hydrogen) atoms. The summed E-state index contributed by atoms with van der Waals surface area (Å²) in [6, 6.07) is 1.36. The van der Waals surface area contributed by atoms with Gasteiger partial charge in [-0.25, -0.2) is 0 Å². The van der Waals surface area contributed by atoms with E-state index in [2.05, 4.69) is 12.8 Å². The van der Waals surface area contributed by atoms with Crippen LogP contribution in [0.5, 0.6) is 11.7 Å². The Balaban J connectivity index is 2.56. The molecule has 1 aromatic heterocycles. The van der Waals surface area contributed by atoms with Crippen molar-refractivity contribution in [3.63, 3.8) is 0 Å². The van der Waals surface area contributed by atoms with Gasteiger partial charge < -0.3 is 12.8 Å². The van der Waals surface area contributed by atoms with E-state index in [0.29, 0.717) is 0 Å². The Kier molecular flexibility index (Phi) is 0.817. The Morgan fingerprint density at radius 2 is 2.10 bits per heavy atom. The maximum Gasteiger partial charge on any atom is 0.504 e. The smallest absolute Gasteiger partial charge is 0.430 e. The normalized spacial score (nSPS) is 19.2. The lowest BCUT2D eigenvalue weighted by atomic mass is 10.6. The summed E-state index contributed by atoms with van der Waals surface area (Å²) in [7, 11) is -3.86. The Hall–Kier alpha value is -1.17. The highest BCUT2D eigenvalue weighted by molar-refractivity contribution is 7.82. The summed E-state index contributed by atoms with van der Waals surface area (Å²) in [6.45, 7) is 0. The first-order valence-corrected chi connectivity index (χ1v) is 3.72. The van der Waals surface area contributed by atoms with Crippen molar-refractivity contribution in [1.29, 1.82) is 0 Å². The van der Waals surface area contributed by atoms with Crippen LogP contribution in [0.1, 0.15) is 0 Å². The molecule has 2 heterocycles. The van der Waals surface area contributed by atoms with Gasteiger partial charge in [0.1, 0.15) is 0 Å². The van der Waals surface area contributed by atoms with E-state index in [1.807, 2.05) is 0 Å². The minimum atomic E-state index is -3.86. The van der Waals surface area contributed by atoms with Crippen LogP contribution in [0.3, 0.4) is 0 Å². The minimum absolute atomic E-state index is 0.0972. The minimum Gasteiger partial charge on any atom is -0.430 e. The summed E-state index contributed by atoms with van der Waals surface area (Å²) in [4.78, 5) is 0. The predicted molar refractivity (Wildman–Crippen MR) is 28.9 cm³/mol. The second kappa shape index (κ2) is 1.46. The fourth-order valence-corrected chi connectivity index (χ4v) is 1.31. The number of furan rings is 1. The molecular formula is C4H2O5S. The summed E-state index contributed by atoms with van der Waals surface area (Å²) in [6.07, 6.45) is 1.28. The lowest BCUT2D eigenvalue weighted by Gasteiger charge is -1.87. The molecule has 0 amide bonds. The van der Waals surface area contributed by atoms with E-state index in [1.54, 1.807) is 0 Å². The lowest BCUT2D eigenvalue weighted by Crippen LogP contribution is -2.08. The largest absolute Gasteiger partial charge is 0.504 e. The second-order valence-corrected chi connectivity index (χ2v) is 2.80. The third kappa shape index (κ3) is 0.655. The Morgan fingerprint density at radius 1 is 1.30 bits per heavy atom. The zero-order valence-electron chi connectivity index (χ0n) is 4.60. The first kappa shape index (κ1) is 5.60. The molecule has 6 heteroatoms. The van der Waals surface area contributed by atoms with Gasteiger partial charge in [0.2, 0.25) is 5.75 Å². The van der Waals surface area contributed by atoms with Crippen molar-refractivity contribution in [1.82, 2.24) is 0 Å². The number of hydrogen-bond acceptors (Lipinski definition) is 5. The van der Waals surface area contributed by atoms with E-state index in [-0.39, 0.29) is 11.7 Å². The lowest BCUT2D eigenvalue weighted by molar-refractivity contribution is 0.380. The zero-order valence-corrected chi connectivity index (χ0v) is 5.42. The summed E-state index contributed by atoms with van der Waals surface area (Å²) in [5.41, 5.74) is 0. The van der Waals surface area contributed by atoms with E-state index < -0.39 is 10.4 Å². The van der Waals surface area contributed by atoms with Crippen LogP contribution in [0, 0.1) is 0 Å². The molecule has 0 unspecified atom stereocenters. The third-order valence-electron chi connectivity index (χ3n) is 0.965. The van der Waals surface area contributed by atoms with E-state index >= 15 is 0 Å². The predicted octanol–water partition coefficient (Wildman–Crippen LogP) is 0.296. The van der Waals surface area contributed by atoms with Crippen LogP contribution < -0.4 is 8.37 Å². The monoisotopic (exact) mass is 162 g/mol. The molecule has 1 aliphatic heterocycles. The van der Waals surface area contributed by atoms with Crippen LogP contribution in [0.4, 0.5) is 0 Å². The maximum atomic E-state index is 10.4. The number of hydrogen-bond donors (Lipinski definition) is 0. The molecule has 0 radical (unpaired) electrons. The second-order valence-electron chi connectivity index (χ2n) is 1.65. The van der Waals surface area contributed by atoms with Gasteiger partial charge >= 0.3 is 16.3 Å². The van der Waals surface area contributed by atoms with Gasteiger partial charge in [0.15, 0.2) is 0 Å². The first-order chi connectivity index (χ1) is 4.67. The quantitative estimate of drug-likeness (QED) is 0.548. The zero-order chi connectivity index (χ0) is 7.19. The van der Waals surface area contributed by atoms with Gasteiger partial charge in [0.25, 0.3) is 0 Å². The summed E-state index contributed by atoms with van der Waals surface area (Å²) < 4.78 is 34.0. The molecule has 2 rings (SSSR count). The van der Waals surface area contributed by atoms with Crippen molar-refractivity contribution >= 4 is 10.4 Å². The fourth-order valence-electron chi connectivity index (χ4n) is 0.626. The molecule has 0 N–H and O–H groups in total. The molecule has 1 aliphatic rings. The van der Waals surface area contributed by atoms with Gasteiger partial charge in [-0.2, -0.15) is 0 Å². The fraction of sp³-hybridized carbons (Fsp3) is 0. The summed E-state index contributed by atoms with van der Waals surface area (Å²) in [5, 5.41) is 0. The van der Waals surface area contributed by atoms with Gasteiger partial charge in [-0.05, 0) is 0 Å². The Labute approximate surface area is 56.5 Å². The van der Waals surface area contributed by atoms with Crippen molar-refractivity contribution in [2.45, 2.75) is 0 Å². The highest BCUT2D eigenvalue weighted by Crippen LogP contribution is 2.35. The molecule has 54 valence electrons. The van der Waals surface area contributed by atoms with Crippen molar-refractivity contribution in [2.75, 3.05) is 0 Å². The SMILES string of the molecule is O=S1(=O)Oc2ccoc2O1. The first-order valence-electron chi connectivity index (χ1n) is 2.39. The van der Waals surface area contributed by atoms with Gasteiger partial charge in [0.05, 0.1) is 6.26 Å². The van der Waals surface area contributed by atoms with Crippen LogP contribution in [-0.4, -0.2) is 8.42 Å². The van der Waals surface area contributed by atoms with Crippen LogP contribution >= 0.6 is 0 Å². The van der Waals surface area contributed by atoms with E-state index in [0.717, 1.165) is 0 Å². The average molecular weight is 162 g/mol. The average Bonchev–Trinajstić information content (AvgIpc) is 2.20. The van der Waals surface area contributed by atoms with Crippen LogP contribution in [0.2, 0.25) is 0 Å². The Morgan fingerprint density at radius 3 is 2.80 bits per heavy atom. The summed E-state index contributed by atoms with van der Waals surface area (Å²) >= 11 is 0. The van der Waals surface area contributed by atoms with Crippen LogP contribution in [0.25, 0.3) is 0 Å². The van der Waals surface area contributed by atoms with Crippen LogP contribution in [-0.2, 0) is 10.4 Å². The number of fused-ring (bicyclic) bond motifs is 1. The highest BCUT2D eigenvalue weighted by atomic mass is 32.3. The Bertz CT molecular complexity index is 321. The maximum absolute atomic E-state index is 10.4. The van der Waals surface area contributed by atoms with Crippen LogP contribution in [0.15, 0.2) is 16.7 Å². The van der Waals surface area contributed by atoms with E-state index in [1.165, 1.54) is 12.3 Å². The third-order valence-corrected chi connectivity index (χ3v) is 1.70. The molecule has 0 saturated heterocycles. The van der Waals surface area contributed by atoms with Crippen molar-refractivity contribution in [2.24, 2.45) is 0 Å². The van der Waals surface area contributed by atoms with E-state index in [4.69, 9.17) is 0 Å². The molecule has 0 aliphatic carbocycles. The molecule has 0 fully saturated rings. The molecule has 0 aromatic carbocycles. The van der Waals surface area contributed by atoms with Crippen molar-refractivity contribution < 1.29 is 21.2 Å². The topological polar surface area (TPSA) is 65.7 Å². The van der Waals surface area contributed by atoms with Gasteiger partial charge in [-0.3, -0.25) is 0 Å². The van der Waals surface area contributed by atoms with Gasteiger partial charge in [-0.1, -0.05) is 0 Å².